The van der Waals surface area contributed by atoms with Gasteiger partial charge in [0.15, 0.2) is 17.9 Å². The van der Waals surface area contributed by atoms with Gasteiger partial charge in [-0.15, -0.1) is 0 Å². The molecule has 2 amide bonds. The molecule has 0 unspecified atom stereocenters. The minimum absolute atomic E-state index is 0.220. The number of anilines is 1. The monoisotopic (exact) mass is 469 g/mol. The van der Waals surface area contributed by atoms with E-state index < -0.39 is 66.3 Å². The number of hydrogen-bond acceptors (Lipinski definition) is 8. The number of benzene rings is 1. The van der Waals surface area contributed by atoms with Crippen molar-refractivity contribution in [1.82, 2.24) is 0 Å². The number of nitrogens with zero attached hydrogens (tertiary/aromatic N) is 1. The number of amides is 2. The first-order valence-corrected chi connectivity index (χ1v) is 11.8. The first-order valence-electron chi connectivity index (χ1n) is 11.8. The SMILES string of the molecule is CC1(C)O[C@H]2[C@@H](O1)[C@@H](C1=C[C@@H]3O[C@H]1[C@@H]1C(=O)N(c4ccccc4)C(=O)[C@@H]13)O[C@@H]1OC(C)(C)O[C@@H]12. The maximum absolute atomic E-state index is 13.5. The molecule has 6 heterocycles. The lowest BCUT2D eigenvalue weighted by molar-refractivity contribution is -0.226. The maximum atomic E-state index is 13.5. The first-order chi connectivity index (χ1) is 16.1. The standard InChI is InChI=1S/C25H27NO8/c1-24(2)31-18-17(30-23-20(19(18)32-24)33-25(3,4)34-23)12-10-13-14-15(16(12)29-13)22(28)26(21(14)27)11-8-6-5-7-9-11/h5-10,13-20,23H,1-4H3/t13-,14+,15+,16+,17+,18-,19-,20+,23+/m0/s1. The van der Waals surface area contributed by atoms with E-state index in [2.05, 4.69) is 0 Å². The van der Waals surface area contributed by atoms with Gasteiger partial charge in [0.05, 0.1) is 29.7 Å². The van der Waals surface area contributed by atoms with E-state index >= 15 is 0 Å². The van der Waals surface area contributed by atoms with Gasteiger partial charge in [-0.2, -0.15) is 0 Å². The highest BCUT2D eigenvalue weighted by Crippen LogP contribution is 2.53. The maximum Gasteiger partial charge on any atom is 0.240 e. The molecular weight excluding hydrogens is 442 g/mol. The summed E-state index contributed by atoms with van der Waals surface area (Å²) >= 11 is 0. The van der Waals surface area contributed by atoms with E-state index in [1.807, 2.05) is 52.0 Å². The highest BCUT2D eigenvalue weighted by atomic mass is 16.9. The van der Waals surface area contributed by atoms with Gasteiger partial charge in [0.25, 0.3) is 0 Å². The number of ether oxygens (including phenoxy) is 6. The zero-order valence-electron chi connectivity index (χ0n) is 19.4. The second-order valence-corrected chi connectivity index (χ2v) is 10.7. The lowest BCUT2D eigenvalue weighted by Gasteiger charge is -2.39. The van der Waals surface area contributed by atoms with Crippen molar-refractivity contribution in [2.24, 2.45) is 11.8 Å². The summed E-state index contributed by atoms with van der Waals surface area (Å²) in [6.45, 7) is 7.39. The molecule has 2 bridgehead atoms. The Kier molecular flexibility index (Phi) is 4.20. The van der Waals surface area contributed by atoms with Crippen LogP contribution in [0.25, 0.3) is 0 Å². The molecule has 1 aromatic carbocycles. The van der Waals surface area contributed by atoms with Gasteiger partial charge in [-0.05, 0) is 45.4 Å². The van der Waals surface area contributed by atoms with Gasteiger partial charge in [0, 0.05) is 0 Å². The predicted octanol–water partition coefficient (Wildman–Crippen LogP) is 1.90. The van der Waals surface area contributed by atoms with Crippen LogP contribution in [-0.2, 0) is 38.0 Å². The molecule has 5 saturated heterocycles. The summed E-state index contributed by atoms with van der Waals surface area (Å²) in [5, 5.41) is 0. The zero-order valence-corrected chi connectivity index (χ0v) is 19.4. The van der Waals surface area contributed by atoms with Crippen LogP contribution < -0.4 is 4.90 Å². The number of imide groups is 1. The van der Waals surface area contributed by atoms with Crippen molar-refractivity contribution >= 4 is 17.5 Å². The van der Waals surface area contributed by atoms with Gasteiger partial charge in [0.1, 0.15) is 24.4 Å². The molecule has 0 spiro atoms. The number of rotatable bonds is 2. The van der Waals surface area contributed by atoms with Gasteiger partial charge in [0.2, 0.25) is 11.8 Å². The van der Waals surface area contributed by atoms with Gasteiger partial charge in [-0.1, -0.05) is 24.3 Å². The lowest BCUT2D eigenvalue weighted by Crippen LogP contribution is -2.56. The summed E-state index contributed by atoms with van der Waals surface area (Å²) < 4.78 is 37.2. The van der Waals surface area contributed by atoms with Crippen molar-refractivity contribution in [2.75, 3.05) is 4.90 Å². The van der Waals surface area contributed by atoms with Crippen LogP contribution in [0, 0.1) is 11.8 Å². The third-order valence-corrected chi connectivity index (χ3v) is 7.56. The fourth-order valence-electron chi connectivity index (χ4n) is 6.40. The van der Waals surface area contributed by atoms with Crippen LogP contribution in [0.3, 0.4) is 0 Å². The van der Waals surface area contributed by atoms with Gasteiger partial charge in [-0.3, -0.25) is 9.59 Å². The number of fused-ring (bicyclic) bond motifs is 8. The Bertz CT molecular complexity index is 1100. The topological polar surface area (TPSA) is 92.8 Å². The molecule has 34 heavy (non-hydrogen) atoms. The smallest absolute Gasteiger partial charge is 0.240 e. The Hall–Kier alpha value is -2.14. The van der Waals surface area contributed by atoms with E-state index in [0.29, 0.717) is 5.69 Å². The third-order valence-electron chi connectivity index (χ3n) is 7.56. The fraction of sp³-hybridized carbons (Fsp3) is 0.600. The molecular formula is C25H27NO8. The van der Waals surface area contributed by atoms with E-state index in [0.717, 1.165) is 5.57 Å². The molecule has 0 aromatic heterocycles. The zero-order chi connectivity index (χ0) is 23.6. The first kappa shape index (κ1) is 21.2. The fourth-order valence-corrected chi connectivity index (χ4v) is 6.40. The molecule has 6 aliphatic rings. The number of carbonyl (C=O) groups excluding carboxylic acids is 2. The second-order valence-electron chi connectivity index (χ2n) is 10.7. The predicted molar refractivity (Wildman–Crippen MR) is 115 cm³/mol. The summed E-state index contributed by atoms with van der Waals surface area (Å²) in [5.41, 5.74) is 1.39. The normalized spacial score (nSPS) is 45.4. The molecule has 6 aliphatic heterocycles. The average Bonchev–Trinajstić information content (AvgIpc) is 3.54. The summed E-state index contributed by atoms with van der Waals surface area (Å²) in [7, 11) is 0. The Labute approximate surface area is 196 Å². The molecule has 9 atom stereocenters. The highest BCUT2D eigenvalue weighted by Gasteiger charge is 2.67. The lowest BCUT2D eigenvalue weighted by atomic mass is 9.77. The van der Waals surface area contributed by atoms with Crippen LogP contribution >= 0.6 is 0 Å². The third kappa shape index (κ3) is 2.82. The Morgan fingerprint density at radius 1 is 0.735 bits per heavy atom. The van der Waals surface area contributed by atoms with E-state index in [1.54, 1.807) is 12.1 Å². The molecule has 180 valence electrons. The van der Waals surface area contributed by atoms with Crippen LogP contribution in [-0.4, -0.2) is 66.3 Å². The molecule has 1 aromatic rings. The van der Waals surface area contributed by atoms with Gasteiger partial charge in [-0.25, -0.2) is 4.90 Å². The summed E-state index contributed by atoms with van der Waals surface area (Å²) in [5.74, 6) is -3.23. The van der Waals surface area contributed by atoms with Gasteiger partial charge >= 0.3 is 0 Å². The average molecular weight is 469 g/mol. The van der Waals surface area contributed by atoms with Crippen LogP contribution in [0.2, 0.25) is 0 Å². The largest absolute Gasteiger partial charge is 0.365 e. The van der Waals surface area contributed by atoms with E-state index in [-0.39, 0.29) is 11.8 Å². The molecule has 0 saturated carbocycles. The van der Waals surface area contributed by atoms with Crippen LogP contribution in [0.4, 0.5) is 5.69 Å². The number of carbonyl (C=O) groups is 2. The summed E-state index contributed by atoms with van der Waals surface area (Å²) in [4.78, 5) is 28.0. The summed E-state index contributed by atoms with van der Waals surface area (Å²) in [6.07, 6.45) is -1.60. The molecule has 0 N–H and O–H groups in total. The van der Waals surface area contributed by atoms with Crippen LogP contribution in [0.5, 0.6) is 0 Å². The van der Waals surface area contributed by atoms with E-state index in [1.165, 1.54) is 4.90 Å². The van der Waals surface area contributed by atoms with Crippen molar-refractivity contribution in [1.29, 1.82) is 0 Å². The number of para-hydroxylation sites is 1. The minimum atomic E-state index is -0.827. The molecule has 9 heteroatoms. The number of hydrogen-bond donors (Lipinski definition) is 0. The van der Waals surface area contributed by atoms with E-state index in [4.69, 9.17) is 28.4 Å². The Morgan fingerprint density at radius 3 is 2.15 bits per heavy atom. The Morgan fingerprint density at radius 2 is 1.38 bits per heavy atom. The quantitative estimate of drug-likeness (QED) is 0.479. The molecule has 5 fully saturated rings. The molecule has 0 radical (unpaired) electrons. The molecule has 7 rings (SSSR count). The highest BCUT2D eigenvalue weighted by molar-refractivity contribution is 6.23. The van der Waals surface area contributed by atoms with Crippen LogP contribution in [0.1, 0.15) is 27.7 Å². The van der Waals surface area contributed by atoms with Gasteiger partial charge < -0.3 is 28.4 Å². The van der Waals surface area contributed by atoms with Crippen molar-refractivity contribution in [2.45, 2.75) is 82.2 Å². The summed E-state index contributed by atoms with van der Waals surface area (Å²) in [6, 6.07) is 9.03. The molecule has 0 aliphatic carbocycles. The minimum Gasteiger partial charge on any atom is -0.365 e. The van der Waals surface area contributed by atoms with E-state index in [9.17, 15) is 9.59 Å². The molecule has 9 nitrogen and oxygen atoms in total. The van der Waals surface area contributed by atoms with Crippen molar-refractivity contribution in [3.8, 4) is 0 Å². The van der Waals surface area contributed by atoms with Crippen molar-refractivity contribution in [3.63, 3.8) is 0 Å². The van der Waals surface area contributed by atoms with Crippen molar-refractivity contribution < 1.29 is 38.0 Å². The second kappa shape index (κ2) is 6.75. The van der Waals surface area contributed by atoms with Crippen LogP contribution in [0.15, 0.2) is 42.0 Å². The van der Waals surface area contributed by atoms with Crippen molar-refractivity contribution in [3.05, 3.63) is 42.0 Å². The Balaban J connectivity index is 1.22.